The van der Waals surface area contributed by atoms with Crippen molar-refractivity contribution < 1.29 is 5.11 Å². The number of aliphatic hydroxyl groups is 1. The van der Waals surface area contributed by atoms with Gasteiger partial charge in [-0.1, -0.05) is 28.1 Å². The van der Waals surface area contributed by atoms with Crippen molar-refractivity contribution >= 4 is 60.1 Å². The van der Waals surface area contributed by atoms with Crippen LogP contribution in [0.1, 0.15) is 16.7 Å². The Morgan fingerprint density at radius 1 is 1.25 bits per heavy atom. The number of thiazole rings is 1. The Labute approximate surface area is 143 Å². The number of hydrogen-bond donors (Lipinski definition) is 1. The van der Waals surface area contributed by atoms with Crippen molar-refractivity contribution in [3.05, 3.63) is 61.1 Å². The Hall–Kier alpha value is -0.500. The van der Waals surface area contributed by atoms with E-state index in [9.17, 15) is 5.11 Å². The summed E-state index contributed by atoms with van der Waals surface area (Å²) < 4.78 is 3.21. The highest BCUT2D eigenvalue weighted by Crippen LogP contribution is 2.30. The lowest BCUT2D eigenvalue weighted by atomic mass is 10.1. The minimum Gasteiger partial charge on any atom is -0.388 e. The van der Waals surface area contributed by atoms with E-state index in [0.29, 0.717) is 6.42 Å². The molecule has 1 N–H and O–H groups in total. The van der Waals surface area contributed by atoms with Crippen LogP contribution >= 0.6 is 49.9 Å². The van der Waals surface area contributed by atoms with Gasteiger partial charge in [0.1, 0.15) is 0 Å². The quantitative estimate of drug-likeness (QED) is 0.562. The van der Waals surface area contributed by atoms with Crippen LogP contribution in [0, 0.1) is 3.57 Å². The van der Waals surface area contributed by atoms with Crippen LogP contribution in [0.3, 0.4) is 0 Å². The van der Waals surface area contributed by atoms with Gasteiger partial charge in [-0.15, -0.1) is 11.3 Å². The zero-order chi connectivity index (χ0) is 14.1. The molecule has 3 aromatic rings. The second-order valence-corrected chi connectivity index (χ2v) is 7.68. The first-order chi connectivity index (χ1) is 9.63. The number of aromatic nitrogens is 1. The van der Waals surface area contributed by atoms with Gasteiger partial charge in [0.05, 0.1) is 21.3 Å². The average molecular weight is 460 g/mol. The van der Waals surface area contributed by atoms with Crippen LogP contribution in [0.15, 0.2) is 46.9 Å². The number of nitrogens with zero attached hydrogens (tertiary/aromatic N) is 1. The van der Waals surface area contributed by atoms with E-state index in [1.807, 2.05) is 36.4 Å². The van der Waals surface area contributed by atoms with Gasteiger partial charge in [-0.2, -0.15) is 0 Å². The molecule has 5 heteroatoms. The van der Waals surface area contributed by atoms with Crippen molar-refractivity contribution in [1.82, 2.24) is 4.98 Å². The smallest absolute Gasteiger partial charge is 0.0967 e. The van der Waals surface area contributed by atoms with E-state index >= 15 is 0 Å². The fraction of sp³-hybridized carbons (Fsp3) is 0.133. The van der Waals surface area contributed by atoms with Gasteiger partial charge >= 0.3 is 0 Å². The maximum absolute atomic E-state index is 10.4. The first kappa shape index (κ1) is 14.4. The van der Waals surface area contributed by atoms with Crippen LogP contribution in [0.5, 0.6) is 0 Å². The average Bonchev–Trinajstić information content (AvgIpc) is 2.83. The largest absolute Gasteiger partial charge is 0.388 e. The van der Waals surface area contributed by atoms with Crippen molar-refractivity contribution in [2.45, 2.75) is 12.5 Å². The van der Waals surface area contributed by atoms with Gasteiger partial charge in [0.2, 0.25) is 0 Å². The molecular formula is C15H11BrINOS. The molecule has 0 aliphatic carbocycles. The second kappa shape index (κ2) is 6.09. The van der Waals surface area contributed by atoms with Gasteiger partial charge in [0.15, 0.2) is 0 Å². The molecule has 0 aliphatic heterocycles. The van der Waals surface area contributed by atoms with E-state index in [1.165, 1.54) is 0 Å². The maximum atomic E-state index is 10.4. The number of fused-ring (bicyclic) bond motifs is 1. The second-order valence-electron chi connectivity index (χ2n) is 4.46. The van der Waals surface area contributed by atoms with Gasteiger partial charge in [0.25, 0.3) is 0 Å². The molecule has 0 saturated heterocycles. The lowest BCUT2D eigenvalue weighted by Crippen LogP contribution is -2.02. The monoisotopic (exact) mass is 459 g/mol. The van der Waals surface area contributed by atoms with E-state index in [4.69, 9.17) is 0 Å². The molecule has 102 valence electrons. The van der Waals surface area contributed by atoms with Crippen molar-refractivity contribution in [2.24, 2.45) is 0 Å². The van der Waals surface area contributed by atoms with Crippen LogP contribution in [0.2, 0.25) is 0 Å². The topological polar surface area (TPSA) is 33.1 Å². The minimum absolute atomic E-state index is 0.540. The van der Waals surface area contributed by atoms with Crippen LogP contribution < -0.4 is 0 Å². The number of para-hydroxylation sites is 1. The normalized spacial score (nSPS) is 12.8. The Morgan fingerprint density at radius 3 is 2.85 bits per heavy atom. The summed E-state index contributed by atoms with van der Waals surface area (Å²) in [5, 5.41) is 11.4. The molecule has 1 aromatic heterocycles. The Balaban J connectivity index is 1.88. The predicted molar refractivity (Wildman–Crippen MR) is 95.1 cm³/mol. The zero-order valence-electron chi connectivity index (χ0n) is 10.4. The summed E-state index contributed by atoms with van der Waals surface area (Å²) in [6, 6.07) is 14.0. The van der Waals surface area contributed by atoms with Crippen LogP contribution in [0.25, 0.3) is 10.2 Å². The van der Waals surface area contributed by atoms with Crippen molar-refractivity contribution in [3.8, 4) is 0 Å². The summed E-state index contributed by atoms with van der Waals surface area (Å²) >= 11 is 7.39. The first-order valence-electron chi connectivity index (χ1n) is 6.11. The van der Waals surface area contributed by atoms with Crippen LogP contribution in [0.4, 0.5) is 0 Å². The third-order valence-electron chi connectivity index (χ3n) is 3.02. The summed E-state index contributed by atoms with van der Waals surface area (Å²) in [4.78, 5) is 4.57. The Kier molecular flexibility index (Phi) is 4.40. The van der Waals surface area contributed by atoms with Crippen molar-refractivity contribution in [1.29, 1.82) is 0 Å². The summed E-state index contributed by atoms with van der Waals surface area (Å²) in [7, 11) is 0. The molecule has 2 aromatic carbocycles. The molecule has 1 heterocycles. The minimum atomic E-state index is -0.542. The number of hydrogen-bond acceptors (Lipinski definition) is 3. The number of rotatable bonds is 3. The first-order valence-corrected chi connectivity index (χ1v) is 8.80. The summed E-state index contributed by atoms with van der Waals surface area (Å²) in [5.41, 5.74) is 1.91. The van der Waals surface area contributed by atoms with Gasteiger partial charge in [-0.3, -0.25) is 0 Å². The van der Waals surface area contributed by atoms with Crippen molar-refractivity contribution in [2.75, 3.05) is 0 Å². The molecule has 0 aliphatic rings. The lowest BCUT2D eigenvalue weighted by Gasteiger charge is -2.11. The third-order valence-corrected chi connectivity index (χ3v) is 5.48. The van der Waals surface area contributed by atoms with Gasteiger partial charge in [0, 0.05) is 14.5 Å². The fourth-order valence-corrected chi connectivity index (χ4v) is 4.08. The summed E-state index contributed by atoms with van der Waals surface area (Å²) in [5.74, 6) is 0. The highest BCUT2D eigenvalue weighted by Gasteiger charge is 2.15. The summed E-state index contributed by atoms with van der Waals surface area (Å²) in [6.45, 7) is 0. The van der Waals surface area contributed by atoms with Crippen LogP contribution in [-0.4, -0.2) is 10.1 Å². The maximum Gasteiger partial charge on any atom is 0.0967 e. The van der Waals surface area contributed by atoms with Gasteiger partial charge in [-0.05, 0) is 58.5 Å². The van der Waals surface area contributed by atoms with E-state index < -0.39 is 6.10 Å². The van der Waals surface area contributed by atoms with E-state index in [1.54, 1.807) is 11.3 Å². The number of halogens is 2. The van der Waals surface area contributed by atoms with Gasteiger partial charge < -0.3 is 5.11 Å². The standard InChI is InChI=1S/C15H11BrINOS/c16-11-6-5-9(17)7-10(11)13(19)8-15-18-12-3-1-2-4-14(12)20-15/h1-7,13,19H,8H2. The predicted octanol–water partition coefficient (Wildman–Crippen LogP) is 4.94. The van der Waals surface area contributed by atoms with Crippen molar-refractivity contribution in [3.63, 3.8) is 0 Å². The zero-order valence-corrected chi connectivity index (χ0v) is 14.9. The fourth-order valence-electron chi connectivity index (χ4n) is 2.05. The molecule has 0 spiro atoms. The Morgan fingerprint density at radius 2 is 2.05 bits per heavy atom. The van der Waals surface area contributed by atoms with Crippen LogP contribution in [-0.2, 0) is 6.42 Å². The SMILES string of the molecule is OC(Cc1nc2ccccc2s1)c1cc(I)ccc1Br. The molecule has 0 radical (unpaired) electrons. The molecule has 3 rings (SSSR count). The molecular weight excluding hydrogens is 449 g/mol. The molecule has 0 bridgehead atoms. The molecule has 1 atom stereocenters. The molecule has 0 fully saturated rings. The molecule has 2 nitrogen and oxygen atoms in total. The summed E-state index contributed by atoms with van der Waals surface area (Å²) in [6.07, 6.45) is -0.00227. The third kappa shape index (κ3) is 3.05. The van der Waals surface area contributed by atoms with E-state index in [0.717, 1.165) is 28.8 Å². The van der Waals surface area contributed by atoms with E-state index in [2.05, 4.69) is 49.6 Å². The highest BCUT2D eigenvalue weighted by atomic mass is 127. The number of aliphatic hydroxyl groups excluding tert-OH is 1. The Bertz CT molecular complexity index is 725. The molecule has 0 saturated carbocycles. The molecule has 1 unspecified atom stereocenters. The molecule has 20 heavy (non-hydrogen) atoms. The number of benzene rings is 2. The lowest BCUT2D eigenvalue weighted by molar-refractivity contribution is 0.177. The molecule has 0 amide bonds. The van der Waals surface area contributed by atoms with E-state index in [-0.39, 0.29) is 0 Å². The van der Waals surface area contributed by atoms with Gasteiger partial charge in [-0.25, -0.2) is 4.98 Å². The highest BCUT2D eigenvalue weighted by molar-refractivity contribution is 14.1.